The summed E-state index contributed by atoms with van der Waals surface area (Å²) in [6.07, 6.45) is 4.82. The van der Waals surface area contributed by atoms with Crippen molar-refractivity contribution in [1.82, 2.24) is 20.5 Å². The predicted octanol–water partition coefficient (Wildman–Crippen LogP) is 1.52. The molecule has 0 amide bonds. The maximum Gasteiger partial charge on any atom is 0.244 e. The van der Waals surface area contributed by atoms with Crippen molar-refractivity contribution in [1.29, 1.82) is 0 Å². The second-order valence-corrected chi connectivity index (χ2v) is 6.22. The number of aromatic amines is 1. The van der Waals surface area contributed by atoms with E-state index < -0.39 is 0 Å². The summed E-state index contributed by atoms with van der Waals surface area (Å²) >= 11 is 0. The van der Waals surface area contributed by atoms with Gasteiger partial charge in [-0.15, -0.1) is 5.10 Å². The lowest BCUT2D eigenvalue weighted by Crippen LogP contribution is -2.37. The van der Waals surface area contributed by atoms with Crippen LogP contribution in [0.1, 0.15) is 44.3 Å². The van der Waals surface area contributed by atoms with Gasteiger partial charge in [-0.25, -0.2) is 0 Å². The van der Waals surface area contributed by atoms with Gasteiger partial charge >= 0.3 is 0 Å². The highest BCUT2D eigenvalue weighted by molar-refractivity contribution is 5.30. The maximum atomic E-state index is 5.76. The molecule has 2 aliphatic heterocycles. The van der Waals surface area contributed by atoms with E-state index in [-0.39, 0.29) is 0 Å². The number of aromatic nitrogens is 3. The van der Waals surface area contributed by atoms with E-state index >= 15 is 0 Å². The molecule has 0 aliphatic carbocycles. The summed E-state index contributed by atoms with van der Waals surface area (Å²) in [5.74, 6) is 3.05. The van der Waals surface area contributed by atoms with Crippen LogP contribution in [0.25, 0.3) is 0 Å². The Hall–Kier alpha value is -1.14. The van der Waals surface area contributed by atoms with Crippen LogP contribution in [0, 0.1) is 5.92 Å². The van der Waals surface area contributed by atoms with Crippen molar-refractivity contribution in [2.75, 3.05) is 38.2 Å². The van der Waals surface area contributed by atoms with Gasteiger partial charge in [-0.3, -0.25) is 5.10 Å². The lowest BCUT2D eigenvalue weighted by molar-refractivity contribution is 0.0994. The monoisotopic (exact) mass is 293 g/mol. The second-order valence-electron chi connectivity index (χ2n) is 6.22. The fraction of sp³-hybridized carbons (Fsp3) is 0.867. The topological polar surface area (TPSA) is 66.1 Å². The number of piperidine rings is 1. The summed E-state index contributed by atoms with van der Waals surface area (Å²) in [7, 11) is 2.03. The zero-order valence-corrected chi connectivity index (χ0v) is 13.1. The molecule has 2 unspecified atom stereocenters. The number of ether oxygens (including phenoxy) is 1. The van der Waals surface area contributed by atoms with Gasteiger partial charge in [0.05, 0.1) is 6.10 Å². The molecule has 0 radical (unpaired) electrons. The predicted molar refractivity (Wildman–Crippen MR) is 82.6 cm³/mol. The third kappa shape index (κ3) is 3.21. The van der Waals surface area contributed by atoms with Gasteiger partial charge in [-0.2, -0.15) is 4.98 Å². The number of nitrogens with one attached hydrogen (secondary N) is 2. The molecule has 1 aromatic heterocycles. The van der Waals surface area contributed by atoms with Crippen LogP contribution in [0.2, 0.25) is 0 Å². The van der Waals surface area contributed by atoms with Gasteiger partial charge in [0.1, 0.15) is 5.82 Å². The average molecular weight is 293 g/mol. The van der Waals surface area contributed by atoms with Crippen LogP contribution < -0.4 is 10.2 Å². The first kappa shape index (κ1) is 14.8. The van der Waals surface area contributed by atoms with Crippen LogP contribution >= 0.6 is 0 Å². The number of hydrogen-bond acceptors (Lipinski definition) is 5. The Labute approximate surface area is 126 Å². The van der Waals surface area contributed by atoms with Gasteiger partial charge in [0, 0.05) is 25.6 Å². The minimum Gasteiger partial charge on any atom is -0.377 e. The van der Waals surface area contributed by atoms with E-state index in [2.05, 4.69) is 27.3 Å². The van der Waals surface area contributed by atoms with E-state index in [4.69, 9.17) is 9.72 Å². The van der Waals surface area contributed by atoms with E-state index in [1.807, 2.05) is 7.05 Å². The zero-order valence-electron chi connectivity index (χ0n) is 13.1. The lowest BCUT2D eigenvalue weighted by Gasteiger charge is -2.31. The summed E-state index contributed by atoms with van der Waals surface area (Å²) in [6.45, 7) is 6.25. The van der Waals surface area contributed by atoms with Crippen molar-refractivity contribution in [2.45, 2.75) is 44.6 Å². The number of hydrogen-bond donors (Lipinski definition) is 2. The van der Waals surface area contributed by atoms with E-state index in [0.29, 0.717) is 12.0 Å². The summed E-state index contributed by atoms with van der Waals surface area (Å²) in [6, 6.07) is 0. The Morgan fingerprint density at radius 1 is 1.33 bits per heavy atom. The normalized spacial score (nSPS) is 27.4. The van der Waals surface area contributed by atoms with Crippen molar-refractivity contribution in [3.05, 3.63) is 5.82 Å². The molecule has 0 bridgehead atoms. The molecule has 1 aromatic rings. The number of anilines is 1. The smallest absolute Gasteiger partial charge is 0.244 e. The molecular formula is C15H27N5O. The minimum absolute atomic E-state index is 0.298. The second kappa shape index (κ2) is 6.75. The quantitative estimate of drug-likeness (QED) is 0.862. The van der Waals surface area contributed by atoms with Crippen LogP contribution in [0.4, 0.5) is 5.95 Å². The van der Waals surface area contributed by atoms with Gasteiger partial charge in [0.15, 0.2) is 0 Å². The van der Waals surface area contributed by atoms with E-state index in [1.165, 1.54) is 12.8 Å². The Morgan fingerprint density at radius 2 is 2.14 bits per heavy atom. The molecule has 3 heterocycles. The molecule has 2 fully saturated rings. The molecule has 118 valence electrons. The first-order valence-corrected chi connectivity index (χ1v) is 8.25. The Morgan fingerprint density at radius 3 is 2.86 bits per heavy atom. The highest BCUT2D eigenvalue weighted by atomic mass is 16.5. The standard InChI is InChI=1S/C15H27N5O/c1-3-13-12(6-9-21-13)14-17-15(19-18-14)20-7-4-11(5-8-20)10-16-2/h11-13,16H,3-10H2,1-2H3,(H,17,18,19). The van der Waals surface area contributed by atoms with E-state index in [0.717, 1.165) is 56.8 Å². The van der Waals surface area contributed by atoms with Gasteiger partial charge in [-0.1, -0.05) is 6.92 Å². The van der Waals surface area contributed by atoms with E-state index in [1.54, 1.807) is 0 Å². The molecule has 0 aromatic carbocycles. The molecule has 2 N–H and O–H groups in total. The van der Waals surface area contributed by atoms with Crippen molar-refractivity contribution in [3.8, 4) is 0 Å². The average Bonchev–Trinajstić information content (AvgIpc) is 3.17. The number of nitrogens with zero attached hydrogens (tertiary/aromatic N) is 3. The van der Waals surface area contributed by atoms with Crippen LogP contribution in [0.15, 0.2) is 0 Å². The molecule has 2 saturated heterocycles. The summed E-state index contributed by atoms with van der Waals surface area (Å²) in [4.78, 5) is 7.06. The summed E-state index contributed by atoms with van der Waals surface area (Å²) in [5, 5.41) is 10.9. The Balaban J connectivity index is 1.60. The molecular weight excluding hydrogens is 266 g/mol. The van der Waals surface area contributed by atoms with Crippen LogP contribution in [0.3, 0.4) is 0 Å². The van der Waals surface area contributed by atoms with Crippen LogP contribution in [0.5, 0.6) is 0 Å². The Bertz CT molecular complexity index is 441. The lowest BCUT2D eigenvalue weighted by atomic mass is 9.97. The zero-order chi connectivity index (χ0) is 14.7. The van der Waals surface area contributed by atoms with Crippen LogP contribution in [-0.2, 0) is 4.74 Å². The minimum atomic E-state index is 0.298. The molecule has 0 spiro atoms. The summed E-state index contributed by atoms with van der Waals surface area (Å²) in [5.41, 5.74) is 0. The maximum absolute atomic E-state index is 5.76. The highest BCUT2D eigenvalue weighted by Crippen LogP contribution is 2.32. The molecule has 21 heavy (non-hydrogen) atoms. The number of rotatable bonds is 5. The van der Waals surface area contributed by atoms with Crippen molar-refractivity contribution >= 4 is 5.95 Å². The number of H-pyrrole nitrogens is 1. The van der Waals surface area contributed by atoms with E-state index in [9.17, 15) is 0 Å². The molecule has 6 nitrogen and oxygen atoms in total. The van der Waals surface area contributed by atoms with Crippen molar-refractivity contribution < 1.29 is 4.74 Å². The first-order valence-electron chi connectivity index (χ1n) is 8.25. The first-order chi connectivity index (χ1) is 10.3. The fourth-order valence-corrected chi connectivity index (χ4v) is 3.56. The summed E-state index contributed by atoms with van der Waals surface area (Å²) < 4.78 is 5.76. The molecule has 2 aliphatic rings. The van der Waals surface area contributed by atoms with Crippen molar-refractivity contribution in [3.63, 3.8) is 0 Å². The van der Waals surface area contributed by atoms with Gasteiger partial charge < -0.3 is 15.0 Å². The molecule has 0 saturated carbocycles. The highest BCUT2D eigenvalue weighted by Gasteiger charge is 2.31. The van der Waals surface area contributed by atoms with Crippen molar-refractivity contribution in [2.24, 2.45) is 5.92 Å². The third-order valence-corrected chi connectivity index (χ3v) is 4.84. The van der Waals surface area contributed by atoms with Gasteiger partial charge in [-0.05, 0) is 45.2 Å². The molecule has 6 heteroatoms. The largest absolute Gasteiger partial charge is 0.377 e. The fourth-order valence-electron chi connectivity index (χ4n) is 3.56. The van der Waals surface area contributed by atoms with Gasteiger partial charge in [0.25, 0.3) is 0 Å². The molecule has 3 rings (SSSR count). The molecule has 2 atom stereocenters. The van der Waals surface area contributed by atoms with Gasteiger partial charge in [0.2, 0.25) is 5.95 Å². The SMILES string of the molecule is CCC1OCCC1c1nc(N2CCC(CNC)CC2)n[nH]1. The van der Waals surface area contributed by atoms with Crippen LogP contribution in [-0.4, -0.2) is 54.6 Å². The third-order valence-electron chi connectivity index (χ3n) is 4.84. The Kier molecular flexibility index (Phi) is 4.75.